The molecule has 0 aromatic carbocycles. The molecule has 2 aliphatic heterocycles. The van der Waals surface area contributed by atoms with Crippen molar-refractivity contribution < 1.29 is 27.9 Å². The molecule has 0 saturated heterocycles. The SMILES string of the molecule is CCNC(=O)N1C(=O)N(C2=CCNC(C(F)(F)F)=C2)C2=C(C(O)CC2)C1C1=C([S+](C)CC)CC(C#N)C=C1. The van der Waals surface area contributed by atoms with Crippen molar-refractivity contribution in [2.24, 2.45) is 5.92 Å². The first-order valence-corrected chi connectivity index (χ1v) is 14.3. The summed E-state index contributed by atoms with van der Waals surface area (Å²) >= 11 is 0. The number of nitrogens with one attached hydrogen (secondary N) is 2. The van der Waals surface area contributed by atoms with Gasteiger partial charge in [0.1, 0.15) is 22.6 Å². The number of aliphatic hydroxyl groups is 1. The smallest absolute Gasteiger partial charge is 0.389 e. The average molecular weight is 551 g/mol. The second kappa shape index (κ2) is 10.9. The minimum atomic E-state index is -4.65. The molecule has 38 heavy (non-hydrogen) atoms. The lowest BCUT2D eigenvalue weighted by Crippen LogP contribution is -2.59. The number of nitrogens with zero attached hydrogens (tertiary/aromatic N) is 3. The van der Waals surface area contributed by atoms with E-state index in [1.807, 2.05) is 13.2 Å². The number of carbonyl (C=O) groups excluding carboxylic acids is 2. The van der Waals surface area contributed by atoms with Crippen LogP contribution in [-0.2, 0) is 10.9 Å². The lowest BCUT2D eigenvalue weighted by atomic mass is 9.86. The van der Waals surface area contributed by atoms with E-state index < -0.39 is 36.1 Å². The van der Waals surface area contributed by atoms with Gasteiger partial charge in [0, 0.05) is 47.2 Å². The highest BCUT2D eigenvalue weighted by atomic mass is 32.2. The van der Waals surface area contributed by atoms with Crippen molar-refractivity contribution in [2.75, 3.05) is 25.1 Å². The van der Waals surface area contributed by atoms with Crippen LogP contribution in [-0.4, -0.2) is 70.4 Å². The maximum absolute atomic E-state index is 14.1. The summed E-state index contributed by atoms with van der Waals surface area (Å²) in [6.07, 6.45) is 3.22. The van der Waals surface area contributed by atoms with Gasteiger partial charge in [-0.05, 0) is 38.8 Å². The summed E-state index contributed by atoms with van der Waals surface area (Å²) in [5.41, 5.74) is 0.530. The summed E-state index contributed by atoms with van der Waals surface area (Å²) in [6.45, 7) is 3.79. The third kappa shape index (κ3) is 4.97. The van der Waals surface area contributed by atoms with Gasteiger partial charge >= 0.3 is 18.2 Å². The Balaban J connectivity index is 1.94. The summed E-state index contributed by atoms with van der Waals surface area (Å²) in [5.74, 6) is 0.440. The first-order valence-electron chi connectivity index (χ1n) is 12.5. The monoisotopic (exact) mass is 550 g/mol. The molecule has 204 valence electrons. The quantitative estimate of drug-likeness (QED) is 0.452. The minimum Gasteiger partial charge on any atom is -0.389 e. The summed E-state index contributed by atoms with van der Waals surface area (Å²) < 4.78 is 40.5. The number of dihydropyridines is 1. The van der Waals surface area contributed by atoms with E-state index in [-0.39, 0.29) is 48.4 Å². The molecular formula is C26H31F3N5O3S+. The molecule has 4 unspecified atom stereocenters. The third-order valence-corrected chi connectivity index (χ3v) is 9.23. The molecule has 0 saturated carbocycles. The number of carbonyl (C=O) groups is 2. The van der Waals surface area contributed by atoms with Crippen LogP contribution in [0.3, 0.4) is 0 Å². The maximum atomic E-state index is 14.1. The lowest BCUT2D eigenvalue weighted by molar-refractivity contribution is -0.0968. The van der Waals surface area contributed by atoms with Crippen molar-refractivity contribution in [1.82, 2.24) is 20.4 Å². The molecule has 8 nitrogen and oxygen atoms in total. The van der Waals surface area contributed by atoms with Gasteiger partial charge in [0.25, 0.3) is 0 Å². The van der Waals surface area contributed by atoms with Crippen LogP contribution in [0.5, 0.6) is 0 Å². The molecule has 12 heteroatoms. The highest BCUT2D eigenvalue weighted by Gasteiger charge is 2.51. The number of urea groups is 2. The highest BCUT2D eigenvalue weighted by molar-refractivity contribution is 7.99. The largest absolute Gasteiger partial charge is 0.430 e. The van der Waals surface area contributed by atoms with Crippen LogP contribution in [0.25, 0.3) is 0 Å². The van der Waals surface area contributed by atoms with E-state index in [4.69, 9.17) is 0 Å². The molecule has 0 aromatic rings. The topological polar surface area (TPSA) is 109 Å². The van der Waals surface area contributed by atoms with Crippen LogP contribution in [0, 0.1) is 17.2 Å². The Bertz CT molecular complexity index is 1210. The summed E-state index contributed by atoms with van der Waals surface area (Å²) in [7, 11) is -0.272. The predicted molar refractivity (Wildman–Crippen MR) is 138 cm³/mol. The van der Waals surface area contributed by atoms with Crippen LogP contribution in [0.2, 0.25) is 0 Å². The summed E-state index contributed by atoms with van der Waals surface area (Å²) in [4.78, 5) is 30.6. The van der Waals surface area contributed by atoms with Gasteiger partial charge in [0.05, 0.1) is 29.8 Å². The van der Waals surface area contributed by atoms with Crippen LogP contribution in [0.4, 0.5) is 22.8 Å². The molecule has 2 aliphatic carbocycles. The lowest BCUT2D eigenvalue weighted by Gasteiger charge is -2.43. The van der Waals surface area contributed by atoms with E-state index in [0.717, 1.165) is 26.5 Å². The van der Waals surface area contributed by atoms with E-state index >= 15 is 0 Å². The molecule has 0 spiro atoms. The number of imide groups is 1. The zero-order valence-corrected chi connectivity index (χ0v) is 22.2. The fourth-order valence-corrected chi connectivity index (χ4v) is 6.64. The zero-order chi connectivity index (χ0) is 27.8. The van der Waals surface area contributed by atoms with Crippen LogP contribution < -0.4 is 10.6 Å². The van der Waals surface area contributed by atoms with Crippen molar-refractivity contribution in [3.8, 4) is 6.07 Å². The van der Waals surface area contributed by atoms with Gasteiger partial charge in [0.2, 0.25) is 0 Å². The number of aliphatic hydroxyl groups excluding tert-OH is 1. The molecule has 0 radical (unpaired) electrons. The number of allylic oxidation sites excluding steroid dienone is 5. The number of halogens is 3. The van der Waals surface area contributed by atoms with E-state index in [2.05, 4.69) is 16.7 Å². The van der Waals surface area contributed by atoms with Crippen molar-refractivity contribution in [1.29, 1.82) is 5.26 Å². The van der Waals surface area contributed by atoms with Gasteiger partial charge in [-0.25, -0.2) is 14.5 Å². The molecule has 4 rings (SSSR count). The average Bonchev–Trinajstić information content (AvgIpc) is 3.27. The Morgan fingerprint density at radius 3 is 2.74 bits per heavy atom. The second-order valence-electron chi connectivity index (χ2n) is 9.35. The number of amides is 4. The highest BCUT2D eigenvalue weighted by Crippen LogP contribution is 2.45. The predicted octanol–water partition coefficient (Wildman–Crippen LogP) is 3.79. The fourth-order valence-electron chi connectivity index (χ4n) is 5.24. The molecule has 4 atom stereocenters. The third-order valence-electron chi connectivity index (χ3n) is 7.12. The molecule has 0 bridgehead atoms. The van der Waals surface area contributed by atoms with Crippen LogP contribution in [0.15, 0.2) is 57.4 Å². The number of rotatable bonds is 5. The van der Waals surface area contributed by atoms with E-state index in [1.54, 1.807) is 19.1 Å². The van der Waals surface area contributed by atoms with Crippen molar-refractivity contribution in [3.05, 3.63) is 57.4 Å². The van der Waals surface area contributed by atoms with Gasteiger partial charge in [-0.1, -0.05) is 12.2 Å². The standard InChI is InChI=1S/C26H30F3N5O3S/c1-4-31-24(36)34-23(17-7-6-15(14-30)12-20(17)38(3)5-2)22-18(8-9-19(22)35)33(25(34)37)16-10-11-32-21(13-16)26(27,28)29/h6-7,10,13,15,19,23,32,35H,4-5,8-9,11-12H2,1-3H3/p+1. The first-order chi connectivity index (χ1) is 18.0. The van der Waals surface area contributed by atoms with E-state index in [1.165, 1.54) is 6.08 Å². The van der Waals surface area contributed by atoms with Crippen molar-refractivity contribution >= 4 is 23.0 Å². The van der Waals surface area contributed by atoms with Gasteiger partial charge in [-0.2, -0.15) is 18.4 Å². The number of hydrogen-bond donors (Lipinski definition) is 3. The van der Waals surface area contributed by atoms with Gasteiger partial charge < -0.3 is 15.7 Å². The molecule has 2 heterocycles. The molecular weight excluding hydrogens is 519 g/mol. The Labute approximate surface area is 222 Å². The Morgan fingerprint density at radius 1 is 1.37 bits per heavy atom. The Hall–Kier alpha value is -3.17. The Morgan fingerprint density at radius 2 is 2.11 bits per heavy atom. The summed E-state index contributed by atoms with van der Waals surface area (Å²) in [5, 5.41) is 25.6. The molecule has 0 aromatic heterocycles. The fraction of sp³-hybridized carbons (Fsp3) is 0.500. The second-order valence-corrected chi connectivity index (χ2v) is 11.7. The maximum Gasteiger partial charge on any atom is 0.430 e. The summed E-state index contributed by atoms with van der Waals surface area (Å²) in [6, 6.07) is -0.157. The molecule has 4 amide bonds. The number of alkyl halides is 3. The Kier molecular flexibility index (Phi) is 7.99. The van der Waals surface area contributed by atoms with Gasteiger partial charge in [-0.3, -0.25) is 4.90 Å². The van der Waals surface area contributed by atoms with Crippen LogP contribution >= 0.6 is 0 Å². The first kappa shape index (κ1) is 27.9. The normalized spacial score (nSPS) is 26.5. The number of hydrogen-bond acceptors (Lipinski definition) is 5. The minimum absolute atomic E-state index is 0.00263. The molecule has 3 N–H and O–H groups in total. The van der Waals surface area contributed by atoms with Gasteiger partial charge in [0.15, 0.2) is 0 Å². The van der Waals surface area contributed by atoms with Gasteiger partial charge in [-0.15, -0.1) is 0 Å². The van der Waals surface area contributed by atoms with Crippen molar-refractivity contribution in [3.63, 3.8) is 0 Å². The van der Waals surface area contributed by atoms with E-state index in [0.29, 0.717) is 23.3 Å². The van der Waals surface area contributed by atoms with Crippen molar-refractivity contribution in [2.45, 2.75) is 51.4 Å². The molecule has 4 aliphatic rings. The van der Waals surface area contributed by atoms with E-state index in [9.17, 15) is 33.1 Å². The number of nitriles is 1. The van der Waals surface area contributed by atoms with Crippen LogP contribution in [0.1, 0.15) is 33.1 Å². The molecule has 0 fully saturated rings. The zero-order valence-electron chi connectivity index (χ0n) is 21.4.